The average molecular weight is 263 g/mol. The van der Waals surface area contributed by atoms with E-state index >= 15 is 0 Å². The van der Waals surface area contributed by atoms with E-state index in [1.165, 1.54) is 0 Å². The Hall–Kier alpha value is -1.58. The summed E-state index contributed by atoms with van der Waals surface area (Å²) in [5.41, 5.74) is 2.99. The van der Waals surface area contributed by atoms with E-state index in [0.29, 0.717) is 12.5 Å². The number of amides is 1. The highest BCUT2D eigenvalue weighted by Gasteiger charge is 2.09. The standard InChI is InChI=1S/C15H25N3O/c1-6-7-12(3)15(19)16-9-11(2)10-18-14(5)8-13(4)17-18/h7-8,11H,6,9-10H2,1-5H3,(H,16,19)/b12-7-/t11-/m0/s1. The Morgan fingerprint density at radius 1 is 1.53 bits per heavy atom. The maximum atomic E-state index is 11.8. The van der Waals surface area contributed by atoms with Gasteiger partial charge >= 0.3 is 0 Å². The molecule has 19 heavy (non-hydrogen) atoms. The number of hydrogen-bond donors (Lipinski definition) is 1. The Morgan fingerprint density at radius 3 is 2.74 bits per heavy atom. The Bertz CT molecular complexity index is 460. The lowest BCUT2D eigenvalue weighted by Gasteiger charge is -2.14. The van der Waals surface area contributed by atoms with Crippen LogP contribution in [0.2, 0.25) is 0 Å². The average Bonchev–Trinajstić information content (AvgIpc) is 2.65. The van der Waals surface area contributed by atoms with E-state index in [9.17, 15) is 4.79 Å². The third kappa shape index (κ3) is 4.89. The van der Waals surface area contributed by atoms with Gasteiger partial charge in [0.1, 0.15) is 0 Å². The molecule has 0 aliphatic carbocycles. The van der Waals surface area contributed by atoms with E-state index in [4.69, 9.17) is 0 Å². The van der Waals surface area contributed by atoms with Crippen LogP contribution in [0.25, 0.3) is 0 Å². The summed E-state index contributed by atoms with van der Waals surface area (Å²) in [7, 11) is 0. The first-order chi connectivity index (χ1) is 8.93. The van der Waals surface area contributed by atoms with E-state index in [1.807, 2.05) is 31.5 Å². The Labute approximate surface area is 115 Å². The predicted octanol–water partition coefficient (Wildman–Crippen LogP) is 2.61. The van der Waals surface area contributed by atoms with Crippen molar-refractivity contribution in [1.29, 1.82) is 0 Å². The van der Waals surface area contributed by atoms with Gasteiger partial charge in [-0.3, -0.25) is 9.48 Å². The minimum Gasteiger partial charge on any atom is -0.352 e. The molecule has 1 atom stereocenters. The second-order valence-corrected chi connectivity index (χ2v) is 5.22. The monoisotopic (exact) mass is 263 g/mol. The minimum atomic E-state index is 0.0297. The molecule has 1 amide bonds. The maximum absolute atomic E-state index is 11.8. The number of hydrogen-bond acceptors (Lipinski definition) is 2. The fourth-order valence-electron chi connectivity index (χ4n) is 2.02. The van der Waals surface area contributed by atoms with E-state index in [0.717, 1.165) is 29.9 Å². The quantitative estimate of drug-likeness (QED) is 0.802. The van der Waals surface area contributed by atoms with Crippen LogP contribution >= 0.6 is 0 Å². The molecule has 1 N–H and O–H groups in total. The fraction of sp³-hybridized carbons (Fsp3) is 0.600. The summed E-state index contributed by atoms with van der Waals surface area (Å²) in [5.74, 6) is 0.387. The molecule has 0 saturated heterocycles. The highest BCUT2D eigenvalue weighted by Crippen LogP contribution is 2.06. The molecular formula is C15H25N3O. The van der Waals surface area contributed by atoms with Gasteiger partial charge in [-0.1, -0.05) is 19.9 Å². The highest BCUT2D eigenvalue weighted by atomic mass is 16.1. The normalized spacial score (nSPS) is 13.4. The molecule has 1 heterocycles. The van der Waals surface area contributed by atoms with Gasteiger partial charge in [0.05, 0.1) is 5.69 Å². The van der Waals surface area contributed by atoms with Gasteiger partial charge in [-0.15, -0.1) is 0 Å². The van der Waals surface area contributed by atoms with E-state index in [2.05, 4.69) is 30.3 Å². The maximum Gasteiger partial charge on any atom is 0.246 e. The molecule has 0 unspecified atom stereocenters. The SMILES string of the molecule is CC/C=C(/C)C(=O)NC[C@H](C)Cn1nc(C)cc1C. The summed E-state index contributed by atoms with van der Waals surface area (Å²) in [6.07, 6.45) is 2.83. The zero-order valence-electron chi connectivity index (χ0n) is 12.7. The van der Waals surface area contributed by atoms with Crippen molar-refractivity contribution in [2.24, 2.45) is 5.92 Å². The van der Waals surface area contributed by atoms with Crippen molar-refractivity contribution in [2.75, 3.05) is 6.54 Å². The molecular weight excluding hydrogens is 238 g/mol. The van der Waals surface area contributed by atoms with E-state index in [1.54, 1.807) is 0 Å². The summed E-state index contributed by atoms with van der Waals surface area (Å²) >= 11 is 0. The summed E-state index contributed by atoms with van der Waals surface area (Å²) in [6.45, 7) is 11.6. The van der Waals surface area contributed by atoms with Gasteiger partial charge in [-0.05, 0) is 39.2 Å². The van der Waals surface area contributed by atoms with Gasteiger partial charge in [0.15, 0.2) is 0 Å². The van der Waals surface area contributed by atoms with Gasteiger partial charge in [-0.2, -0.15) is 5.10 Å². The summed E-state index contributed by atoms with van der Waals surface area (Å²) < 4.78 is 2.00. The van der Waals surface area contributed by atoms with Crippen LogP contribution in [0.4, 0.5) is 0 Å². The molecule has 106 valence electrons. The molecule has 0 aliphatic rings. The molecule has 4 heteroatoms. The zero-order chi connectivity index (χ0) is 14.4. The lowest BCUT2D eigenvalue weighted by molar-refractivity contribution is -0.117. The van der Waals surface area contributed by atoms with Crippen LogP contribution in [-0.2, 0) is 11.3 Å². The number of allylic oxidation sites excluding steroid dienone is 1. The summed E-state index contributed by atoms with van der Waals surface area (Å²) in [5, 5.41) is 7.40. The van der Waals surface area contributed by atoms with Crippen LogP contribution < -0.4 is 5.32 Å². The van der Waals surface area contributed by atoms with Crippen molar-refractivity contribution in [2.45, 2.75) is 47.6 Å². The van der Waals surface area contributed by atoms with Crippen molar-refractivity contribution in [3.8, 4) is 0 Å². The molecule has 4 nitrogen and oxygen atoms in total. The first-order valence-electron chi connectivity index (χ1n) is 6.90. The van der Waals surface area contributed by atoms with Crippen LogP contribution in [0.3, 0.4) is 0 Å². The Balaban J connectivity index is 2.44. The molecule has 0 aliphatic heterocycles. The van der Waals surface area contributed by atoms with Crippen LogP contribution in [0.1, 0.15) is 38.6 Å². The van der Waals surface area contributed by atoms with Gasteiger partial charge in [0, 0.05) is 24.4 Å². The molecule has 0 bridgehead atoms. The van der Waals surface area contributed by atoms with Crippen molar-refractivity contribution in [3.05, 3.63) is 29.1 Å². The topological polar surface area (TPSA) is 46.9 Å². The van der Waals surface area contributed by atoms with Gasteiger partial charge in [-0.25, -0.2) is 0 Å². The Morgan fingerprint density at radius 2 is 2.21 bits per heavy atom. The summed E-state index contributed by atoms with van der Waals surface area (Å²) in [4.78, 5) is 11.8. The fourth-order valence-corrected chi connectivity index (χ4v) is 2.02. The minimum absolute atomic E-state index is 0.0297. The third-order valence-electron chi connectivity index (χ3n) is 3.07. The van der Waals surface area contributed by atoms with E-state index in [-0.39, 0.29) is 5.91 Å². The second kappa shape index (κ2) is 7.12. The molecule has 1 rings (SSSR count). The number of nitrogens with one attached hydrogen (secondary N) is 1. The largest absolute Gasteiger partial charge is 0.352 e. The number of rotatable bonds is 6. The second-order valence-electron chi connectivity index (χ2n) is 5.22. The molecule has 0 aromatic carbocycles. The molecule has 1 aromatic rings. The third-order valence-corrected chi connectivity index (χ3v) is 3.07. The van der Waals surface area contributed by atoms with Crippen molar-refractivity contribution in [1.82, 2.24) is 15.1 Å². The van der Waals surface area contributed by atoms with Gasteiger partial charge < -0.3 is 5.32 Å². The van der Waals surface area contributed by atoms with Gasteiger partial charge in [0.25, 0.3) is 0 Å². The zero-order valence-corrected chi connectivity index (χ0v) is 12.7. The van der Waals surface area contributed by atoms with Crippen molar-refractivity contribution < 1.29 is 4.79 Å². The molecule has 0 fully saturated rings. The van der Waals surface area contributed by atoms with Crippen LogP contribution in [-0.4, -0.2) is 22.2 Å². The summed E-state index contributed by atoms with van der Waals surface area (Å²) in [6, 6.07) is 2.07. The number of carbonyl (C=O) groups is 1. The van der Waals surface area contributed by atoms with Crippen LogP contribution in [0.15, 0.2) is 17.7 Å². The first kappa shape index (κ1) is 15.5. The lowest BCUT2D eigenvalue weighted by Crippen LogP contribution is -2.30. The smallest absolute Gasteiger partial charge is 0.246 e. The Kier molecular flexibility index (Phi) is 5.80. The van der Waals surface area contributed by atoms with E-state index < -0.39 is 0 Å². The molecule has 0 saturated carbocycles. The number of aryl methyl sites for hydroxylation is 2. The molecule has 1 aromatic heterocycles. The molecule has 0 radical (unpaired) electrons. The van der Waals surface area contributed by atoms with Crippen molar-refractivity contribution >= 4 is 5.91 Å². The number of aromatic nitrogens is 2. The predicted molar refractivity (Wildman–Crippen MR) is 77.9 cm³/mol. The van der Waals surface area contributed by atoms with Crippen molar-refractivity contribution in [3.63, 3.8) is 0 Å². The highest BCUT2D eigenvalue weighted by molar-refractivity contribution is 5.92. The lowest BCUT2D eigenvalue weighted by atomic mass is 10.1. The first-order valence-corrected chi connectivity index (χ1v) is 6.90. The van der Waals surface area contributed by atoms with Crippen LogP contribution in [0.5, 0.6) is 0 Å². The van der Waals surface area contributed by atoms with Crippen LogP contribution in [0, 0.1) is 19.8 Å². The van der Waals surface area contributed by atoms with Gasteiger partial charge in [0.2, 0.25) is 5.91 Å². The molecule has 0 spiro atoms. The number of carbonyl (C=O) groups excluding carboxylic acids is 1. The number of nitrogens with zero attached hydrogens (tertiary/aromatic N) is 2.